The Kier molecular flexibility index (Phi) is 6.04. The lowest BCUT2D eigenvalue weighted by molar-refractivity contribution is 0.0784. The number of H-pyrrole nitrogens is 1. The van der Waals surface area contributed by atoms with E-state index in [2.05, 4.69) is 9.97 Å². The predicted molar refractivity (Wildman–Crippen MR) is 124 cm³/mol. The van der Waals surface area contributed by atoms with Gasteiger partial charge in [0.05, 0.1) is 11.4 Å². The quantitative estimate of drug-likeness (QED) is 0.475. The minimum Gasteiger partial charge on any atom is -0.507 e. The molecule has 1 heterocycles. The molecule has 0 spiro atoms. The Hall–Kier alpha value is -4.26. The first-order valence-corrected chi connectivity index (χ1v) is 10.3. The van der Waals surface area contributed by atoms with Crippen molar-refractivity contribution in [1.82, 2.24) is 14.9 Å². The van der Waals surface area contributed by atoms with Gasteiger partial charge in [-0.15, -0.1) is 0 Å². The molecule has 3 aromatic carbocycles. The number of phenols is 1. The van der Waals surface area contributed by atoms with Gasteiger partial charge in [-0.1, -0.05) is 42.5 Å². The van der Waals surface area contributed by atoms with Crippen LogP contribution < -0.4 is 5.69 Å². The first-order chi connectivity index (χ1) is 15.8. The van der Waals surface area contributed by atoms with Crippen molar-refractivity contribution in [2.24, 2.45) is 0 Å². The highest BCUT2D eigenvalue weighted by atomic mass is 19.1. The molecule has 0 saturated heterocycles. The fraction of sp³-hybridized carbons (Fsp3) is 0.115. The average Bonchev–Trinajstić information content (AvgIpc) is 2.81. The number of phenolic OH excluding ortho intramolecular Hbond substituents is 1. The zero-order chi connectivity index (χ0) is 23.5. The van der Waals surface area contributed by atoms with Crippen molar-refractivity contribution in [1.29, 1.82) is 0 Å². The zero-order valence-electron chi connectivity index (χ0n) is 18.2. The van der Waals surface area contributed by atoms with Crippen LogP contribution >= 0.6 is 0 Å². The van der Waals surface area contributed by atoms with E-state index in [1.54, 1.807) is 80.7 Å². The summed E-state index contributed by atoms with van der Waals surface area (Å²) in [5, 5.41) is 10.4. The van der Waals surface area contributed by atoms with Crippen LogP contribution in [-0.4, -0.2) is 32.9 Å². The predicted octanol–water partition coefficient (Wildman–Crippen LogP) is 4.53. The molecule has 0 radical (unpaired) electrons. The van der Waals surface area contributed by atoms with E-state index in [1.165, 1.54) is 11.0 Å². The number of halogens is 1. The molecule has 0 aliphatic carbocycles. The van der Waals surface area contributed by atoms with Crippen LogP contribution in [0.4, 0.5) is 4.39 Å². The molecule has 166 valence electrons. The van der Waals surface area contributed by atoms with Crippen LogP contribution in [0.5, 0.6) is 5.75 Å². The Morgan fingerprint density at radius 2 is 1.82 bits per heavy atom. The maximum Gasteiger partial charge on any atom is 0.345 e. The third-order valence-corrected chi connectivity index (χ3v) is 5.39. The number of para-hydroxylation sites is 1. The number of benzene rings is 3. The highest BCUT2D eigenvalue weighted by Crippen LogP contribution is 2.31. The maximum absolute atomic E-state index is 14.0. The zero-order valence-corrected chi connectivity index (χ0v) is 18.2. The van der Waals surface area contributed by atoms with Crippen LogP contribution in [0.1, 0.15) is 21.5 Å². The Morgan fingerprint density at radius 3 is 2.61 bits per heavy atom. The lowest BCUT2D eigenvalue weighted by atomic mass is 10.0. The van der Waals surface area contributed by atoms with Gasteiger partial charge in [0.1, 0.15) is 11.6 Å². The smallest absolute Gasteiger partial charge is 0.345 e. The molecule has 4 aromatic rings. The third-order valence-electron chi connectivity index (χ3n) is 5.39. The SMILES string of the molecule is Cc1cccc(-c2cc(-c3cccc(C(=O)N(C)Cc4ccccc4F)c3)nc(=O)[nH]2)c1O. The first-order valence-electron chi connectivity index (χ1n) is 10.3. The Balaban J connectivity index is 1.66. The molecule has 33 heavy (non-hydrogen) atoms. The van der Waals surface area contributed by atoms with Crippen molar-refractivity contribution in [3.8, 4) is 28.3 Å². The minimum absolute atomic E-state index is 0.0731. The van der Waals surface area contributed by atoms with Crippen molar-refractivity contribution in [3.05, 3.63) is 106 Å². The molecule has 6 nitrogen and oxygen atoms in total. The van der Waals surface area contributed by atoms with Crippen LogP contribution in [0.25, 0.3) is 22.5 Å². The van der Waals surface area contributed by atoms with E-state index < -0.39 is 5.69 Å². The van der Waals surface area contributed by atoms with Gasteiger partial charge < -0.3 is 15.0 Å². The van der Waals surface area contributed by atoms with E-state index >= 15 is 0 Å². The topological polar surface area (TPSA) is 86.3 Å². The van der Waals surface area contributed by atoms with Gasteiger partial charge in [0.2, 0.25) is 0 Å². The molecule has 0 unspecified atom stereocenters. The number of aromatic hydroxyl groups is 1. The highest BCUT2D eigenvalue weighted by Gasteiger charge is 2.16. The van der Waals surface area contributed by atoms with Gasteiger partial charge in [0.15, 0.2) is 0 Å². The fourth-order valence-electron chi connectivity index (χ4n) is 3.61. The van der Waals surface area contributed by atoms with Gasteiger partial charge in [-0.3, -0.25) is 4.79 Å². The molecule has 0 aliphatic rings. The molecule has 0 aliphatic heterocycles. The number of carbonyl (C=O) groups is 1. The number of hydrogen-bond acceptors (Lipinski definition) is 4. The van der Waals surface area contributed by atoms with Gasteiger partial charge >= 0.3 is 5.69 Å². The molecule has 2 N–H and O–H groups in total. The third kappa shape index (κ3) is 4.67. The highest BCUT2D eigenvalue weighted by molar-refractivity contribution is 5.95. The number of rotatable bonds is 5. The minimum atomic E-state index is -0.572. The summed E-state index contributed by atoms with van der Waals surface area (Å²) in [5.74, 6) is -0.587. The number of aromatic nitrogens is 2. The summed E-state index contributed by atoms with van der Waals surface area (Å²) in [7, 11) is 1.60. The van der Waals surface area contributed by atoms with E-state index in [1.807, 2.05) is 0 Å². The second-order valence-corrected chi connectivity index (χ2v) is 7.79. The Morgan fingerprint density at radius 1 is 1.06 bits per heavy atom. The summed E-state index contributed by atoms with van der Waals surface area (Å²) in [6, 6.07) is 20.0. The molecule has 0 bridgehead atoms. The average molecular weight is 443 g/mol. The van der Waals surface area contributed by atoms with E-state index in [4.69, 9.17) is 0 Å². The second kappa shape index (κ2) is 9.08. The van der Waals surface area contributed by atoms with Crippen molar-refractivity contribution in [3.63, 3.8) is 0 Å². The van der Waals surface area contributed by atoms with Crippen molar-refractivity contribution < 1.29 is 14.3 Å². The molecule has 7 heteroatoms. The monoisotopic (exact) mass is 443 g/mol. The molecule has 0 atom stereocenters. The van der Waals surface area contributed by atoms with Crippen LogP contribution in [-0.2, 0) is 6.54 Å². The van der Waals surface area contributed by atoms with Gasteiger partial charge in [0, 0.05) is 35.8 Å². The van der Waals surface area contributed by atoms with Crippen LogP contribution in [0.3, 0.4) is 0 Å². The number of hydrogen-bond donors (Lipinski definition) is 2. The normalized spacial score (nSPS) is 10.8. The fourth-order valence-corrected chi connectivity index (χ4v) is 3.61. The van der Waals surface area contributed by atoms with Crippen LogP contribution in [0.15, 0.2) is 77.6 Å². The molecule has 0 fully saturated rings. The van der Waals surface area contributed by atoms with E-state index in [0.717, 1.165) is 0 Å². The molecular weight excluding hydrogens is 421 g/mol. The van der Waals surface area contributed by atoms with Crippen molar-refractivity contribution in [2.45, 2.75) is 13.5 Å². The summed E-state index contributed by atoms with van der Waals surface area (Å²) >= 11 is 0. The standard InChI is InChI=1S/C26H22FN3O3/c1-16-7-5-11-20(24(16)31)23-14-22(28-26(33)29-23)17-9-6-10-18(13-17)25(32)30(2)15-19-8-3-4-12-21(19)27/h3-14,31H,15H2,1-2H3,(H,28,29,33). The van der Waals surface area contributed by atoms with E-state index in [9.17, 15) is 19.1 Å². The lowest BCUT2D eigenvalue weighted by Gasteiger charge is -2.18. The number of nitrogens with zero attached hydrogens (tertiary/aromatic N) is 2. The van der Waals surface area contributed by atoms with Crippen LogP contribution in [0.2, 0.25) is 0 Å². The number of amides is 1. The van der Waals surface area contributed by atoms with Crippen LogP contribution in [0, 0.1) is 12.7 Å². The van der Waals surface area contributed by atoms with Crippen molar-refractivity contribution >= 4 is 5.91 Å². The van der Waals surface area contributed by atoms with Gasteiger partial charge in [-0.05, 0) is 42.8 Å². The van der Waals surface area contributed by atoms with Crippen molar-refractivity contribution in [2.75, 3.05) is 7.05 Å². The van der Waals surface area contributed by atoms with Gasteiger partial charge in [-0.2, -0.15) is 4.98 Å². The number of aryl methyl sites for hydroxylation is 1. The van der Waals surface area contributed by atoms with E-state index in [-0.39, 0.29) is 24.0 Å². The number of carbonyl (C=O) groups excluding carboxylic acids is 1. The summed E-state index contributed by atoms with van der Waals surface area (Å²) < 4.78 is 14.0. The Labute approximate surface area is 190 Å². The van der Waals surface area contributed by atoms with Gasteiger partial charge in [0.25, 0.3) is 5.91 Å². The summed E-state index contributed by atoms with van der Waals surface area (Å²) in [4.78, 5) is 33.3. The summed E-state index contributed by atoms with van der Waals surface area (Å²) in [5.41, 5.74) is 2.73. The van der Waals surface area contributed by atoms with E-state index in [0.29, 0.717) is 39.2 Å². The molecular formula is C26H22FN3O3. The maximum atomic E-state index is 14.0. The van der Waals surface area contributed by atoms with Gasteiger partial charge in [-0.25, -0.2) is 9.18 Å². The first kappa shape index (κ1) is 22.0. The molecule has 4 rings (SSSR count). The summed E-state index contributed by atoms with van der Waals surface area (Å²) in [6.07, 6.45) is 0. The molecule has 0 saturated carbocycles. The second-order valence-electron chi connectivity index (χ2n) is 7.79. The lowest BCUT2D eigenvalue weighted by Crippen LogP contribution is -2.26. The molecule has 1 aromatic heterocycles. The molecule has 1 amide bonds. The Bertz CT molecular complexity index is 1400. The summed E-state index contributed by atoms with van der Waals surface area (Å²) in [6.45, 7) is 1.89. The number of aromatic amines is 1. The largest absolute Gasteiger partial charge is 0.507 e. The number of nitrogens with one attached hydrogen (secondary N) is 1.